The summed E-state index contributed by atoms with van der Waals surface area (Å²) in [6, 6.07) is 4.22. The number of carbonyl (C=O) groups is 1. The van der Waals surface area contributed by atoms with Gasteiger partial charge in [0, 0.05) is 7.11 Å². The molecule has 0 aliphatic rings. The fraction of sp³-hybridized carbons (Fsp3) is 0.357. The van der Waals surface area contributed by atoms with Gasteiger partial charge in [-0.05, 0) is 32.0 Å². The molecule has 2 aromatic rings. The van der Waals surface area contributed by atoms with E-state index < -0.39 is 22.7 Å². The third-order valence-electron chi connectivity index (χ3n) is 3.31. The predicted octanol–water partition coefficient (Wildman–Crippen LogP) is 0.813. The minimum absolute atomic E-state index is 0.0364. The molecule has 0 aliphatic carbocycles. The van der Waals surface area contributed by atoms with E-state index in [-0.39, 0.29) is 12.1 Å². The molecule has 0 unspecified atom stereocenters. The van der Waals surface area contributed by atoms with Crippen molar-refractivity contribution in [1.29, 1.82) is 0 Å². The number of aromatic amines is 1. The lowest BCUT2D eigenvalue weighted by molar-refractivity contribution is 0.00827. The molecule has 21 heavy (non-hydrogen) atoms. The SMILES string of the molecule is COC(C)(C)Cn1c(=O)c(=O)[nH]c2cc(C(=O)O)ccc21. The van der Waals surface area contributed by atoms with Crippen LogP contribution in [0.1, 0.15) is 24.2 Å². The molecule has 1 heterocycles. The molecular weight excluding hydrogens is 276 g/mol. The molecule has 0 amide bonds. The molecule has 0 bridgehead atoms. The molecule has 112 valence electrons. The predicted molar refractivity (Wildman–Crippen MR) is 76.9 cm³/mol. The highest BCUT2D eigenvalue weighted by Gasteiger charge is 2.20. The number of nitrogens with zero attached hydrogens (tertiary/aromatic N) is 1. The Balaban J connectivity index is 2.74. The number of hydrogen-bond acceptors (Lipinski definition) is 4. The van der Waals surface area contributed by atoms with E-state index in [1.54, 1.807) is 13.8 Å². The Morgan fingerprint density at radius 3 is 2.62 bits per heavy atom. The van der Waals surface area contributed by atoms with Gasteiger partial charge in [0.05, 0.1) is 28.7 Å². The van der Waals surface area contributed by atoms with E-state index in [0.29, 0.717) is 11.0 Å². The van der Waals surface area contributed by atoms with Crippen LogP contribution in [0.25, 0.3) is 11.0 Å². The fourth-order valence-corrected chi connectivity index (χ4v) is 2.01. The number of nitrogens with one attached hydrogen (secondary N) is 1. The van der Waals surface area contributed by atoms with E-state index in [0.717, 1.165) is 0 Å². The van der Waals surface area contributed by atoms with Crippen LogP contribution in [0.3, 0.4) is 0 Å². The molecule has 7 heteroatoms. The van der Waals surface area contributed by atoms with Gasteiger partial charge >= 0.3 is 17.1 Å². The van der Waals surface area contributed by atoms with Gasteiger partial charge in [0.2, 0.25) is 0 Å². The normalized spacial score (nSPS) is 11.8. The molecule has 1 aromatic carbocycles. The van der Waals surface area contributed by atoms with Crippen LogP contribution in [0, 0.1) is 0 Å². The molecule has 2 rings (SSSR count). The number of aromatic nitrogens is 2. The van der Waals surface area contributed by atoms with Gasteiger partial charge in [-0.15, -0.1) is 0 Å². The van der Waals surface area contributed by atoms with Gasteiger partial charge in [-0.25, -0.2) is 4.79 Å². The average molecular weight is 292 g/mol. The number of benzene rings is 1. The Bertz CT molecular complexity index is 816. The lowest BCUT2D eigenvalue weighted by Gasteiger charge is -2.24. The Morgan fingerprint density at radius 2 is 2.05 bits per heavy atom. The summed E-state index contributed by atoms with van der Waals surface area (Å²) in [4.78, 5) is 37.2. The van der Waals surface area contributed by atoms with Gasteiger partial charge in [0.15, 0.2) is 0 Å². The number of aromatic carboxylic acids is 1. The topological polar surface area (TPSA) is 101 Å². The summed E-state index contributed by atoms with van der Waals surface area (Å²) in [5.41, 5.74) is -1.35. The lowest BCUT2D eigenvalue weighted by Crippen LogP contribution is -2.41. The van der Waals surface area contributed by atoms with Crippen molar-refractivity contribution in [3.63, 3.8) is 0 Å². The quantitative estimate of drug-likeness (QED) is 0.812. The minimum Gasteiger partial charge on any atom is -0.478 e. The molecule has 0 fully saturated rings. The fourth-order valence-electron chi connectivity index (χ4n) is 2.01. The monoisotopic (exact) mass is 292 g/mol. The third kappa shape index (κ3) is 2.87. The number of carboxylic acids is 1. The molecule has 0 saturated carbocycles. The maximum absolute atomic E-state index is 12.0. The van der Waals surface area contributed by atoms with Crippen LogP contribution in [0.5, 0.6) is 0 Å². The van der Waals surface area contributed by atoms with E-state index in [1.165, 1.54) is 29.9 Å². The van der Waals surface area contributed by atoms with E-state index in [1.807, 2.05) is 0 Å². The van der Waals surface area contributed by atoms with Gasteiger partial charge < -0.3 is 14.8 Å². The van der Waals surface area contributed by atoms with Crippen LogP contribution < -0.4 is 11.1 Å². The first-order valence-electron chi connectivity index (χ1n) is 6.30. The first-order chi connectivity index (χ1) is 9.75. The number of ether oxygens (including phenoxy) is 1. The van der Waals surface area contributed by atoms with Crippen molar-refractivity contribution in [3.05, 3.63) is 44.5 Å². The molecule has 0 aliphatic heterocycles. The number of hydrogen-bond donors (Lipinski definition) is 2. The summed E-state index contributed by atoms with van der Waals surface area (Å²) in [5, 5.41) is 8.98. The van der Waals surface area contributed by atoms with Crippen LogP contribution in [-0.2, 0) is 11.3 Å². The van der Waals surface area contributed by atoms with Gasteiger partial charge in [-0.1, -0.05) is 0 Å². The molecule has 0 spiro atoms. The largest absolute Gasteiger partial charge is 0.478 e. The second kappa shape index (κ2) is 5.17. The number of fused-ring (bicyclic) bond motifs is 1. The van der Waals surface area contributed by atoms with E-state index in [2.05, 4.69) is 4.98 Å². The summed E-state index contributed by atoms with van der Waals surface area (Å²) in [6.45, 7) is 3.76. The Kier molecular flexibility index (Phi) is 3.69. The van der Waals surface area contributed by atoms with Crippen LogP contribution in [-0.4, -0.2) is 33.3 Å². The van der Waals surface area contributed by atoms with Crippen molar-refractivity contribution >= 4 is 17.0 Å². The molecule has 0 atom stereocenters. The number of H-pyrrole nitrogens is 1. The third-order valence-corrected chi connectivity index (χ3v) is 3.31. The second-order valence-corrected chi connectivity index (χ2v) is 5.35. The highest BCUT2D eigenvalue weighted by atomic mass is 16.5. The number of carboxylic acid groups (broad SMARTS) is 1. The van der Waals surface area contributed by atoms with Gasteiger partial charge in [0.1, 0.15) is 0 Å². The average Bonchev–Trinajstić information content (AvgIpc) is 2.43. The Labute approximate surface area is 119 Å². The summed E-state index contributed by atoms with van der Waals surface area (Å²) in [5.74, 6) is -1.10. The number of rotatable bonds is 4. The van der Waals surface area contributed by atoms with Crippen LogP contribution in [0.2, 0.25) is 0 Å². The zero-order chi connectivity index (χ0) is 15.8. The van der Waals surface area contributed by atoms with Crippen molar-refractivity contribution in [2.45, 2.75) is 26.0 Å². The molecular formula is C14H16N2O5. The second-order valence-electron chi connectivity index (χ2n) is 5.35. The summed E-state index contributed by atoms with van der Waals surface area (Å²) in [6.07, 6.45) is 0. The van der Waals surface area contributed by atoms with E-state index in [4.69, 9.17) is 9.84 Å². The van der Waals surface area contributed by atoms with E-state index in [9.17, 15) is 14.4 Å². The van der Waals surface area contributed by atoms with Crippen molar-refractivity contribution in [3.8, 4) is 0 Å². The van der Waals surface area contributed by atoms with Crippen LogP contribution in [0.4, 0.5) is 0 Å². The smallest absolute Gasteiger partial charge is 0.335 e. The molecule has 1 aromatic heterocycles. The zero-order valence-electron chi connectivity index (χ0n) is 12.0. The van der Waals surface area contributed by atoms with Gasteiger partial charge in [-0.3, -0.25) is 14.2 Å². The number of methoxy groups -OCH3 is 1. The Morgan fingerprint density at radius 1 is 1.38 bits per heavy atom. The molecule has 0 saturated heterocycles. The summed E-state index contributed by atoms with van der Waals surface area (Å²) < 4.78 is 6.58. The minimum atomic E-state index is -1.10. The highest BCUT2D eigenvalue weighted by Crippen LogP contribution is 2.16. The van der Waals surface area contributed by atoms with Crippen molar-refractivity contribution < 1.29 is 14.6 Å². The molecule has 2 N–H and O–H groups in total. The van der Waals surface area contributed by atoms with Gasteiger partial charge in [0.25, 0.3) is 0 Å². The van der Waals surface area contributed by atoms with Gasteiger partial charge in [-0.2, -0.15) is 0 Å². The van der Waals surface area contributed by atoms with E-state index >= 15 is 0 Å². The lowest BCUT2D eigenvalue weighted by atomic mass is 10.1. The first-order valence-corrected chi connectivity index (χ1v) is 6.30. The maximum Gasteiger partial charge on any atom is 0.335 e. The summed E-state index contributed by atoms with van der Waals surface area (Å²) >= 11 is 0. The van der Waals surface area contributed by atoms with Crippen molar-refractivity contribution in [2.24, 2.45) is 0 Å². The first kappa shape index (κ1) is 15.0. The Hall–Kier alpha value is -2.41. The standard InChI is InChI=1S/C14H16N2O5/c1-14(2,21-3)7-16-10-5-4-8(13(19)20)6-9(10)15-11(17)12(16)18/h4-6H,7H2,1-3H3,(H,15,17)(H,19,20). The molecule has 0 radical (unpaired) electrons. The maximum atomic E-state index is 12.0. The molecule has 7 nitrogen and oxygen atoms in total. The highest BCUT2D eigenvalue weighted by molar-refractivity contribution is 5.92. The summed E-state index contributed by atoms with van der Waals surface area (Å²) in [7, 11) is 1.52. The van der Waals surface area contributed by atoms with Crippen molar-refractivity contribution in [2.75, 3.05) is 7.11 Å². The zero-order valence-corrected chi connectivity index (χ0v) is 12.0. The van der Waals surface area contributed by atoms with Crippen LogP contribution >= 0.6 is 0 Å². The van der Waals surface area contributed by atoms with Crippen molar-refractivity contribution in [1.82, 2.24) is 9.55 Å². The van der Waals surface area contributed by atoms with Crippen LogP contribution in [0.15, 0.2) is 27.8 Å².